The van der Waals surface area contributed by atoms with Crippen LogP contribution in [0.25, 0.3) is 45.0 Å². The molecule has 3 aromatic heterocycles. The maximum atomic E-state index is 14.5. The molecule has 0 unspecified atom stereocenters. The summed E-state index contributed by atoms with van der Waals surface area (Å²) in [5.41, 5.74) is -1.75. The zero-order valence-corrected chi connectivity index (χ0v) is 49.6. The second-order valence-electron chi connectivity index (χ2n) is 23.0. The van der Waals surface area contributed by atoms with Crippen molar-refractivity contribution in [3.8, 4) is 45.0 Å². The number of alkyl halides is 9. The normalized spacial score (nSPS) is 14.7. The fourth-order valence-electron chi connectivity index (χ4n) is 9.54. The molecule has 0 amide bonds. The monoisotopic (exact) mass is 1260 g/mol. The van der Waals surface area contributed by atoms with Gasteiger partial charge in [-0.15, -0.1) is 0 Å². The number of imidazole rings is 2. The zero-order chi connectivity index (χ0) is 62.7. The van der Waals surface area contributed by atoms with Gasteiger partial charge in [0.05, 0.1) is 39.5 Å². The minimum Gasteiger partial charge on any atom is -0.361 e. The van der Waals surface area contributed by atoms with E-state index >= 15 is 0 Å². The first-order valence-corrected chi connectivity index (χ1v) is 34.7. The van der Waals surface area contributed by atoms with Gasteiger partial charge in [-0.2, -0.15) is 39.5 Å². The molecule has 0 bridgehead atoms. The molecule has 2 fully saturated rings. The Labute approximate surface area is 488 Å². The molecule has 0 radical (unpaired) electrons. The molecule has 7 aromatic rings. The van der Waals surface area contributed by atoms with Crippen molar-refractivity contribution in [2.24, 2.45) is 0 Å². The van der Waals surface area contributed by atoms with Crippen LogP contribution in [0.1, 0.15) is 16.7 Å². The van der Waals surface area contributed by atoms with E-state index in [9.17, 15) is 65.9 Å². The van der Waals surface area contributed by atoms with Gasteiger partial charge in [0, 0.05) is 110 Å². The van der Waals surface area contributed by atoms with Crippen LogP contribution in [0.5, 0.6) is 0 Å². The number of pyridine rings is 1. The van der Waals surface area contributed by atoms with E-state index in [1.165, 1.54) is 41.4 Å². The van der Waals surface area contributed by atoms with Gasteiger partial charge in [0.2, 0.25) is 11.9 Å². The number of halogens is 15. The summed E-state index contributed by atoms with van der Waals surface area (Å²) in [6, 6.07) is 15.6. The number of nitrogens with zero attached hydrogens (tertiary/aromatic N) is 8. The van der Waals surface area contributed by atoms with Gasteiger partial charge < -0.3 is 29.5 Å². The number of nitrogens with one attached hydrogen (secondary N) is 1. The van der Waals surface area contributed by atoms with Crippen molar-refractivity contribution in [1.82, 2.24) is 29.4 Å². The van der Waals surface area contributed by atoms with E-state index < -0.39 is 86.3 Å². The minimum atomic E-state index is -4.63. The van der Waals surface area contributed by atoms with Gasteiger partial charge in [0.1, 0.15) is 19.3 Å². The highest BCUT2D eigenvalue weighted by molar-refractivity contribution is 6.76. The van der Waals surface area contributed by atoms with Crippen LogP contribution in [-0.4, -0.2) is 106 Å². The first-order chi connectivity index (χ1) is 40.3. The Morgan fingerprint density at radius 1 is 0.477 bits per heavy atom. The molecule has 9 rings (SSSR count). The number of hydrogen-bond acceptors (Lipinski definition) is 9. The van der Waals surface area contributed by atoms with Crippen molar-refractivity contribution in [2.75, 3.05) is 80.3 Å². The van der Waals surface area contributed by atoms with Gasteiger partial charge in [-0.25, -0.2) is 41.3 Å². The quantitative estimate of drug-likeness (QED) is 0.0414. The van der Waals surface area contributed by atoms with E-state index in [4.69, 9.17) is 14.5 Å². The lowest BCUT2D eigenvalue weighted by molar-refractivity contribution is -0.138. The van der Waals surface area contributed by atoms with Crippen LogP contribution >= 0.6 is 0 Å². The van der Waals surface area contributed by atoms with Crippen LogP contribution in [0.4, 0.5) is 83.6 Å². The average molecular weight is 1260 g/mol. The molecular weight excluding hydrogens is 1200 g/mol. The number of rotatable bonds is 17. The van der Waals surface area contributed by atoms with Crippen LogP contribution in [-0.2, 0) is 41.5 Å². The van der Waals surface area contributed by atoms with E-state index in [1.807, 2.05) is 4.90 Å². The molecule has 5 heterocycles. The summed E-state index contributed by atoms with van der Waals surface area (Å²) in [6.07, 6.45) is -12.5. The number of piperazine rings is 2. The molecule has 0 atom stereocenters. The first kappa shape index (κ1) is 65.1. The van der Waals surface area contributed by atoms with Gasteiger partial charge >= 0.3 is 18.5 Å². The van der Waals surface area contributed by atoms with E-state index in [0.717, 1.165) is 66.7 Å². The largest absolute Gasteiger partial charge is 0.419 e. The summed E-state index contributed by atoms with van der Waals surface area (Å²) in [7, 11) is -2.95. The summed E-state index contributed by atoms with van der Waals surface area (Å²) in [4.78, 5) is 18.5. The van der Waals surface area contributed by atoms with Crippen molar-refractivity contribution in [3.63, 3.8) is 0 Å². The van der Waals surface area contributed by atoms with E-state index in [2.05, 4.69) is 54.6 Å². The third kappa shape index (κ3) is 15.8. The van der Waals surface area contributed by atoms with E-state index in [1.54, 1.807) is 14.0 Å². The highest BCUT2D eigenvalue weighted by atomic mass is 28.3. The molecule has 2 aliphatic rings. The molecule has 11 nitrogen and oxygen atoms in total. The van der Waals surface area contributed by atoms with E-state index in [0.29, 0.717) is 56.6 Å². The van der Waals surface area contributed by atoms with Crippen LogP contribution in [0, 0.1) is 34.9 Å². The molecule has 86 heavy (non-hydrogen) atoms. The van der Waals surface area contributed by atoms with Crippen molar-refractivity contribution in [1.29, 1.82) is 0 Å². The Bertz CT molecular complexity index is 3410. The topological polar surface area (TPSA) is 88.7 Å². The third-order valence-electron chi connectivity index (χ3n) is 14.2. The van der Waals surface area contributed by atoms with Crippen molar-refractivity contribution in [3.05, 3.63) is 143 Å². The Hall–Kier alpha value is -6.89. The third-order valence-corrected chi connectivity index (χ3v) is 17.6. The Morgan fingerprint density at radius 2 is 0.849 bits per heavy atom. The van der Waals surface area contributed by atoms with Gasteiger partial charge in [-0.3, -0.25) is 9.13 Å². The molecule has 0 spiro atoms. The van der Waals surface area contributed by atoms with Crippen molar-refractivity contribution >= 4 is 33.9 Å². The lowest BCUT2D eigenvalue weighted by Gasteiger charge is -2.37. The van der Waals surface area contributed by atoms with Gasteiger partial charge in [-0.1, -0.05) is 63.5 Å². The average Bonchev–Trinajstić information content (AvgIpc) is 1.98. The van der Waals surface area contributed by atoms with Crippen LogP contribution < -0.4 is 20.0 Å². The van der Waals surface area contributed by atoms with Crippen LogP contribution in [0.15, 0.2) is 91.1 Å². The smallest absolute Gasteiger partial charge is 0.361 e. The first-order valence-electron chi connectivity index (χ1n) is 27.3. The maximum absolute atomic E-state index is 14.5. The Kier molecular flexibility index (Phi) is 19.8. The van der Waals surface area contributed by atoms with E-state index in [-0.39, 0.29) is 85.2 Å². The number of hydrogen-bond donors (Lipinski definition) is 1. The number of ether oxygens (including phenoxy) is 2. The highest BCUT2D eigenvalue weighted by Gasteiger charge is 2.38. The second-order valence-corrected chi connectivity index (χ2v) is 34.3. The molecule has 0 aliphatic carbocycles. The summed E-state index contributed by atoms with van der Waals surface area (Å²) < 4.78 is 222. The summed E-state index contributed by atoms with van der Waals surface area (Å²) in [5, 5.41) is 3.25. The van der Waals surface area contributed by atoms with Crippen LogP contribution in [0.3, 0.4) is 0 Å². The van der Waals surface area contributed by atoms with Crippen LogP contribution in [0.2, 0.25) is 51.4 Å². The highest BCUT2D eigenvalue weighted by Crippen LogP contribution is 2.42. The standard InChI is InChI=1S/C32H32F9N5OSi.C26H30F6N4OSi/c1-48(2,3)16-15-47-19-46-28(20-6-8-22(9-7-20)31(36,37)38)27(21-17-24(33)26(35)25(34)18-21)43-30(46)45-13-11-44(12-14-45)29-23(32(39,40)41)5-4-10-42-29;1-38(2,3)13-12-37-16-36-24(17-4-6-19(7-5-17)26(30,31)32)23(18-14-20(27)22(29)21(28)15-18)34-25(36)35-10-8-33-9-11-35/h4-10,17-18H,11-16,19H2,1-3H3;4-7,14-15,33H,8-13,16H2,1-3H3. The lowest BCUT2D eigenvalue weighted by Crippen LogP contribution is -2.48. The molecule has 2 saturated heterocycles. The SMILES string of the molecule is C[Si](C)(C)CCOCn1c(N2CCN(c3ncccc3C(F)(F)F)CC2)nc(-c2cc(F)c(F)c(F)c2)c1-c1ccc(C(F)(F)F)cc1.C[Si](C)(C)CCOCn1c(N2CCNCC2)nc(-c2cc(F)c(F)c(F)c2)c1-c1ccc(C(F)(F)F)cc1. The number of benzene rings is 4. The van der Waals surface area contributed by atoms with Crippen molar-refractivity contribution < 1.29 is 75.3 Å². The lowest BCUT2D eigenvalue weighted by atomic mass is 10.0. The zero-order valence-electron chi connectivity index (χ0n) is 47.6. The Balaban J connectivity index is 0.000000230. The molecule has 2 aliphatic heterocycles. The summed E-state index contributed by atoms with van der Waals surface area (Å²) in [5.74, 6) is -8.64. The number of aromatic nitrogens is 5. The molecule has 464 valence electrons. The molecule has 4 aromatic carbocycles. The Morgan fingerprint density at radius 3 is 1.21 bits per heavy atom. The molecular formula is C58H62F15N9O2Si2. The van der Waals surface area contributed by atoms with Crippen molar-refractivity contribution in [2.45, 2.75) is 83.4 Å². The molecule has 1 N–H and O–H groups in total. The predicted molar refractivity (Wildman–Crippen MR) is 303 cm³/mol. The van der Waals surface area contributed by atoms with Gasteiger partial charge in [0.15, 0.2) is 34.9 Å². The van der Waals surface area contributed by atoms with Gasteiger partial charge in [-0.05, 0) is 72.8 Å². The molecule has 0 saturated carbocycles. The summed E-state index contributed by atoms with van der Waals surface area (Å²) >= 11 is 0. The summed E-state index contributed by atoms with van der Waals surface area (Å²) in [6.45, 7) is 16.7. The predicted octanol–water partition coefficient (Wildman–Crippen LogP) is 15.1. The molecule has 28 heteroatoms. The fourth-order valence-corrected chi connectivity index (χ4v) is 11.1. The fraction of sp³-hybridized carbons (Fsp3) is 0.397. The second kappa shape index (κ2) is 26.2. The number of anilines is 3. The van der Waals surface area contributed by atoms with Gasteiger partial charge in [0.25, 0.3) is 0 Å². The minimum absolute atomic E-state index is 0.0270. The maximum Gasteiger partial charge on any atom is 0.419 e.